The molecular formula is C26H36ClN3O3S. The second-order valence-electron chi connectivity index (χ2n) is 10.2. The van der Waals surface area contributed by atoms with Crippen molar-refractivity contribution in [3.05, 3.63) is 51.2 Å². The van der Waals surface area contributed by atoms with Gasteiger partial charge in [-0.05, 0) is 80.8 Å². The van der Waals surface area contributed by atoms with Crippen molar-refractivity contribution < 1.29 is 14.3 Å². The van der Waals surface area contributed by atoms with Gasteiger partial charge in [-0.25, -0.2) is 4.79 Å². The molecule has 1 atom stereocenters. The monoisotopic (exact) mass is 505 g/mol. The Morgan fingerprint density at radius 3 is 2.59 bits per heavy atom. The van der Waals surface area contributed by atoms with E-state index in [2.05, 4.69) is 30.6 Å². The van der Waals surface area contributed by atoms with Crippen molar-refractivity contribution >= 4 is 34.9 Å². The zero-order chi connectivity index (χ0) is 24.9. The van der Waals surface area contributed by atoms with Crippen LogP contribution in [0.25, 0.3) is 0 Å². The fourth-order valence-corrected chi connectivity index (χ4v) is 4.96. The lowest BCUT2D eigenvalue weighted by Crippen LogP contribution is -2.53. The molecule has 34 heavy (non-hydrogen) atoms. The predicted octanol–water partition coefficient (Wildman–Crippen LogP) is 5.76. The molecule has 2 heterocycles. The number of amides is 3. The fraction of sp³-hybridized carbons (Fsp3) is 0.538. The second-order valence-corrected chi connectivity index (χ2v) is 11.6. The van der Waals surface area contributed by atoms with E-state index in [1.165, 1.54) is 4.88 Å². The van der Waals surface area contributed by atoms with Gasteiger partial charge in [0, 0.05) is 28.5 Å². The van der Waals surface area contributed by atoms with E-state index in [0.717, 1.165) is 18.4 Å². The molecule has 0 aliphatic carbocycles. The largest absolute Gasteiger partial charge is 0.491 e. The van der Waals surface area contributed by atoms with Crippen LogP contribution >= 0.6 is 22.9 Å². The normalized spacial score (nSPS) is 15.7. The van der Waals surface area contributed by atoms with Crippen LogP contribution in [0, 0.1) is 5.92 Å². The number of benzene rings is 1. The first-order chi connectivity index (χ1) is 16.0. The maximum atomic E-state index is 13.6. The maximum Gasteiger partial charge on any atom is 0.318 e. The van der Waals surface area contributed by atoms with E-state index >= 15 is 0 Å². The van der Waals surface area contributed by atoms with E-state index < -0.39 is 0 Å². The van der Waals surface area contributed by atoms with E-state index in [9.17, 15) is 9.59 Å². The molecule has 3 rings (SSSR count). The van der Waals surface area contributed by atoms with Gasteiger partial charge in [-0.15, -0.1) is 11.3 Å². The number of carbonyl (C=O) groups excluding carboxylic acids is 2. The first-order valence-electron chi connectivity index (χ1n) is 11.8. The lowest BCUT2D eigenvalue weighted by Gasteiger charge is -2.37. The van der Waals surface area contributed by atoms with E-state index in [-0.39, 0.29) is 30.1 Å². The Hall–Kier alpha value is -2.25. The Labute approximate surface area is 212 Å². The van der Waals surface area contributed by atoms with Crippen LogP contribution in [-0.4, -0.2) is 53.5 Å². The SMILES string of the molecule is CC(C)CCN(CC(=O)N1CCc2sccc2[C@H]1COc1ccc(Cl)cc1)C(=O)NC(C)(C)C. The summed E-state index contributed by atoms with van der Waals surface area (Å²) >= 11 is 7.71. The summed E-state index contributed by atoms with van der Waals surface area (Å²) in [6.07, 6.45) is 1.65. The number of nitrogens with one attached hydrogen (secondary N) is 1. The minimum absolute atomic E-state index is 0.0472. The van der Waals surface area contributed by atoms with Crippen molar-refractivity contribution in [1.82, 2.24) is 15.1 Å². The summed E-state index contributed by atoms with van der Waals surface area (Å²) in [5.41, 5.74) is 0.758. The number of urea groups is 1. The summed E-state index contributed by atoms with van der Waals surface area (Å²) in [6, 6.07) is 8.92. The highest BCUT2D eigenvalue weighted by atomic mass is 35.5. The summed E-state index contributed by atoms with van der Waals surface area (Å²) in [6.45, 7) is 11.6. The van der Waals surface area contributed by atoms with Gasteiger partial charge < -0.3 is 19.9 Å². The summed E-state index contributed by atoms with van der Waals surface area (Å²) in [5, 5.41) is 5.73. The number of nitrogens with zero attached hydrogens (tertiary/aromatic N) is 2. The van der Waals surface area contributed by atoms with Gasteiger partial charge in [0.2, 0.25) is 5.91 Å². The van der Waals surface area contributed by atoms with E-state index in [1.54, 1.807) is 28.4 Å². The molecule has 0 saturated carbocycles. The smallest absolute Gasteiger partial charge is 0.318 e. The molecule has 8 heteroatoms. The summed E-state index contributed by atoms with van der Waals surface area (Å²) in [5.74, 6) is 1.08. The topological polar surface area (TPSA) is 61.9 Å². The van der Waals surface area contributed by atoms with Crippen LogP contribution in [0.1, 0.15) is 57.5 Å². The van der Waals surface area contributed by atoms with Crippen molar-refractivity contribution in [3.8, 4) is 5.75 Å². The van der Waals surface area contributed by atoms with Crippen molar-refractivity contribution in [1.29, 1.82) is 0 Å². The van der Waals surface area contributed by atoms with Crippen LogP contribution in [0.3, 0.4) is 0 Å². The summed E-state index contributed by atoms with van der Waals surface area (Å²) in [4.78, 5) is 31.3. The number of hydrogen-bond acceptors (Lipinski definition) is 4. The Morgan fingerprint density at radius 2 is 1.94 bits per heavy atom. The third-order valence-corrected chi connectivity index (χ3v) is 6.96. The van der Waals surface area contributed by atoms with Gasteiger partial charge in [0.1, 0.15) is 18.9 Å². The molecular weight excluding hydrogens is 470 g/mol. The molecule has 0 bridgehead atoms. The lowest BCUT2D eigenvalue weighted by molar-refractivity contribution is -0.135. The average Bonchev–Trinajstić information content (AvgIpc) is 3.23. The number of fused-ring (bicyclic) bond motifs is 1. The molecule has 3 amide bonds. The Kier molecular flexibility index (Phi) is 8.88. The van der Waals surface area contributed by atoms with Crippen LogP contribution in [0.15, 0.2) is 35.7 Å². The molecule has 0 fully saturated rings. The number of rotatable bonds is 8. The molecule has 2 aromatic rings. The highest BCUT2D eigenvalue weighted by Gasteiger charge is 2.34. The Bertz CT molecular complexity index is 968. The van der Waals surface area contributed by atoms with Crippen molar-refractivity contribution in [3.63, 3.8) is 0 Å². The zero-order valence-corrected chi connectivity index (χ0v) is 22.3. The minimum atomic E-state index is -0.373. The van der Waals surface area contributed by atoms with Gasteiger partial charge in [0.15, 0.2) is 0 Å². The standard InChI is InChI=1S/C26H36ClN3O3S/c1-18(2)10-13-29(25(32)28-26(3,4)5)16-24(31)30-14-11-23-21(12-15-34-23)22(30)17-33-20-8-6-19(27)7-9-20/h6-9,12,15,18,22H,10-11,13-14,16-17H2,1-5H3,(H,28,32)/t22-/m1/s1. The number of carbonyl (C=O) groups is 2. The molecule has 1 aliphatic heterocycles. The molecule has 0 unspecified atom stereocenters. The molecule has 0 saturated heterocycles. The number of ether oxygens (including phenoxy) is 1. The van der Waals surface area contributed by atoms with Crippen molar-refractivity contribution in [2.24, 2.45) is 5.92 Å². The number of thiophene rings is 1. The van der Waals surface area contributed by atoms with Crippen LogP contribution in [-0.2, 0) is 11.2 Å². The molecule has 1 aromatic carbocycles. The zero-order valence-electron chi connectivity index (χ0n) is 20.8. The summed E-state index contributed by atoms with van der Waals surface area (Å²) in [7, 11) is 0. The molecule has 1 N–H and O–H groups in total. The molecule has 186 valence electrons. The van der Waals surface area contributed by atoms with Crippen LogP contribution in [0.5, 0.6) is 5.75 Å². The molecule has 1 aromatic heterocycles. The van der Waals surface area contributed by atoms with Gasteiger partial charge in [0.05, 0.1) is 6.04 Å². The molecule has 0 radical (unpaired) electrons. The first-order valence-corrected chi connectivity index (χ1v) is 13.1. The average molecular weight is 506 g/mol. The Morgan fingerprint density at radius 1 is 1.24 bits per heavy atom. The predicted molar refractivity (Wildman–Crippen MR) is 139 cm³/mol. The number of halogens is 1. The van der Waals surface area contributed by atoms with Crippen molar-refractivity contribution in [2.75, 3.05) is 26.2 Å². The van der Waals surface area contributed by atoms with Gasteiger partial charge in [0.25, 0.3) is 0 Å². The first kappa shape index (κ1) is 26.4. The number of hydrogen-bond donors (Lipinski definition) is 1. The van der Waals surface area contributed by atoms with Crippen LogP contribution < -0.4 is 10.1 Å². The lowest BCUT2D eigenvalue weighted by atomic mass is 10.0. The molecule has 1 aliphatic rings. The quantitative estimate of drug-likeness (QED) is 0.496. The van der Waals surface area contributed by atoms with Crippen LogP contribution in [0.4, 0.5) is 4.79 Å². The Balaban J connectivity index is 1.75. The van der Waals surface area contributed by atoms with E-state index in [1.807, 2.05) is 37.8 Å². The van der Waals surface area contributed by atoms with Gasteiger partial charge in [-0.3, -0.25) is 4.79 Å². The fourth-order valence-electron chi connectivity index (χ4n) is 3.90. The second kappa shape index (κ2) is 11.5. The summed E-state index contributed by atoms with van der Waals surface area (Å²) < 4.78 is 6.06. The molecule has 6 nitrogen and oxygen atoms in total. The van der Waals surface area contributed by atoms with Gasteiger partial charge >= 0.3 is 6.03 Å². The van der Waals surface area contributed by atoms with Gasteiger partial charge in [-0.1, -0.05) is 25.4 Å². The third kappa shape index (κ3) is 7.37. The van der Waals surface area contributed by atoms with E-state index in [0.29, 0.717) is 36.4 Å². The van der Waals surface area contributed by atoms with E-state index in [4.69, 9.17) is 16.3 Å². The highest BCUT2D eigenvalue weighted by Crippen LogP contribution is 2.34. The maximum absolute atomic E-state index is 13.6. The van der Waals surface area contributed by atoms with Crippen LogP contribution in [0.2, 0.25) is 5.02 Å². The minimum Gasteiger partial charge on any atom is -0.491 e. The van der Waals surface area contributed by atoms with Gasteiger partial charge in [-0.2, -0.15) is 0 Å². The highest BCUT2D eigenvalue weighted by molar-refractivity contribution is 7.10. The third-order valence-electron chi connectivity index (χ3n) is 5.71. The van der Waals surface area contributed by atoms with Crippen molar-refractivity contribution in [2.45, 2.75) is 59.0 Å². The molecule has 0 spiro atoms.